The predicted molar refractivity (Wildman–Crippen MR) is 107 cm³/mol. The van der Waals surface area contributed by atoms with E-state index in [4.69, 9.17) is 14.6 Å². The number of carboxylic acids is 2. The molecule has 0 aromatic heterocycles. The molecule has 30 heavy (non-hydrogen) atoms. The van der Waals surface area contributed by atoms with Crippen molar-refractivity contribution in [1.29, 1.82) is 0 Å². The number of carbonyl (C=O) groups is 4. The first-order valence-electron chi connectivity index (χ1n) is 10.1. The minimum Gasteiger partial charge on any atom is -0.481 e. The summed E-state index contributed by atoms with van der Waals surface area (Å²) in [4.78, 5) is 46.8. The average molecular weight is 428 g/mol. The summed E-state index contributed by atoms with van der Waals surface area (Å²) in [6, 6.07) is -2.85. The molecule has 0 bridgehead atoms. The predicted octanol–water partition coefficient (Wildman–Crippen LogP) is 0.844. The number of nitrogens with one attached hydrogen (secondary N) is 2. The highest BCUT2D eigenvalue weighted by atomic mass is 16.5. The van der Waals surface area contributed by atoms with Crippen molar-refractivity contribution in [2.75, 3.05) is 6.61 Å². The van der Waals surface area contributed by atoms with Crippen LogP contribution in [0.5, 0.6) is 0 Å². The van der Waals surface area contributed by atoms with Crippen LogP contribution in [0.2, 0.25) is 0 Å². The van der Waals surface area contributed by atoms with Crippen LogP contribution >= 0.6 is 0 Å². The number of hydrogen-bond acceptors (Lipinski definition) is 7. The summed E-state index contributed by atoms with van der Waals surface area (Å²) in [6.07, 6.45) is 1.55. The molecule has 0 saturated carbocycles. The van der Waals surface area contributed by atoms with Gasteiger partial charge in [-0.25, -0.2) is 4.79 Å². The van der Waals surface area contributed by atoms with E-state index in [0.29, 0.717) is 12.8 Å². The zero-order chi connectivity index (χ0) is 22.8. The second-order valence-corrected chi connectivity index (χ2v) is 7.14. The Morgan fingerprint density at radius 2 is 1.80 bits per heavy atom. The largest absolute Gasteiger partial charge is 0.481 e. The summed E-state index contributed by atoms with van der Waals surface area (Å²) >= 11 is 0. The van der Waals surface area contributed by atoms with E-state index in [0.717, 1.165) is 0 Å². The van der Waals surface area contributed by atoms with Crippen molar-refractivity contribution in [2.45, 2.75) is 83.7 Å². The van der Waals surface area contributed by atoms with E-state index >= 15 is 0 Å². The summed E-state index contributed by atoms with van der Waals surface area (Å²) in [5, 5.41) is 24.0. The monoisotopic (exact) mass is 428 g/mol. The van der Waals surface area contributed by atoms with Crippen LogP contribution in [0, 0.1) is 0 Å². The molecule has 0 aromatic carbocycles. The molecule has 1 amide bonds. The molecule has 1 aliphatic carbocycles. The summed E-state index contributed by atoms with van der Waals surface area (Å²) in [5.41, 5.74) is 0.284. The van der Waals surface area contributed by atoms with Gasteiger partial charge in [0.05, 0.1) is 31.3 Å². The first-order valence-corrected chi connectivity index (χ1v) is 10.1. The summed E-state index contributed by atoms with van der Waals surface area (Å²) in [5.74, 6) is -3.55. The maximum absolute atomic E-state index is 12.4. The Bertz CT molecular complexity index is 659. The van der Waals surface area contributed by atoms with Crippen molar-refractivity contribution in [3.8, 4) is 0 Å². The van der Waals surface area contributed by atoms with Gasteiger partial charge >= 0.3 is 17.9 Å². The van der Waals surface area contributed by atoms with Gasteiger partial charge in [0, 0.05) is 18.5 Å². The molecule has 0 aliphatic heterocycles. The lowest BCUT2D eigenvalue weighted by atomic mass is 9.86. The summed E-state index contributed by atoms with van der Waals surface area (Å²) in [7, 11) is 0. The Hall–Kier alpha value is -2.46. The van der Waals surface area contributed by atoms with Gasteiger partial charge in [0.15, 0.2) is 0 Å². The van der Waals surface area contributed by atoms with Gasteiger partial charge < -0.3 is 25.0 Å². The van der Waals surface area contributed by atoms with Gasteiger partial charge in [-0.15, -0.1) is 0 Å². The van der Waals surface area contributed by atoms with Gasteiger partial charge in [0.25, 0.3) is 0 Å². The molecule has 1 rings (SSSR count). The van der Waals surface area contributed by atoms with E-state index in [9.17, 15) is 24.3 Å². The molecule has 1 unspecified atom stereocenters. The van der Waals surface area contributed by atoms with Gasteiger partial charge in [0.1, 0.15) is 6.04 Å². The van der Waals surface area contributed by atoms with E-state index < -0.39 is 48.6 Å². The molecule has 4 atom stereocenters. The van der Waals surface area contributed by atoms with Crippen LogP contribution in [0.4, 0.5) is 0 Å². The maximum Gasteiger partial charge on any atom is 0.333 e. The van der Waals surface area contributed by atoms with Gasteiger partial charge in [-0.2, -0.15) is 0 Å². The van der Waals surface area contributed by atoms with E-state index in [1.807, 2.05) is 13.8 Å². The normalized spacial score (nSPS) is 22.2. The number of amides is 1. The lowest BCUT2D eigenvalue weighted by Gasteiger charge is -2.39. The lowest BCUT2D eigenvalue weighted by Crippen LogP contribution is -2.61. The minimum absolute atomic E-state index is 0.0515. The molecule has 0 radical (unpaired) electrons. The second-order valence-electron chi connectivity index (χ2n) is 7.14. The average Bonchev–Trinajstić information content (AvgIpc) is 2.66. The van der Waals surface area contributed by atoms with Gasteiger partial charge in [-0.3, -0.25) is 19.7 Å². The van der Waals surface area contributed by atoms with Crippen LogP contribution in [0.25, 0.3) is 0 Å². The molecule has 4 N–H and O–H groups in total. The van der Waals surface area contributed by atoms with Crippen LogP contribution in [0.15, 0.2) is 11.6 Å². The lowest BCUT2D eigenvalue weighted by molar-refractivity contribution is -0.146. The van der Waals surface area contributed by atoms with Crippen molar-refractivity contribution in [3.05, 3.63) is 11.6 Å². The van der Waals surface area contributed by atoms with Crippen molar-refractivity contribution < 1.29 is 38.9 Å². The second kappa shape index (κ2) is 12.3. The first-order chi connectivity index (χ1) is 14.1. The number of hydrogen-bond donors (Lipinski definition) is 4. The number of carbonyl (C=O) groups excluding carboxylic acids is 2. The fourth-order valence-electron chi connectivity index (χ4n) is 3.40. The Balaban J connectivity index is 3.30. The molecule has 10 nitrogen and oxygen atoms in total. The molecular formula is C20H32N2O8. The zero-order valence-corrected chi connectivity index (χ0v) is 17.8. The van der Waals surface area contributed by atoms with E-state index in [1.54, 1.807) is 13.0 Å². The van der Waals surface area contributed by atoms with Crippen molar-refractivity contribution in [1.82, 2.24) is 10.6 Å². The molecule has 1 aliphatic rings. The maximum atomic E-state index is 12.4. The van der Waals surface area contributed by atoms with Crippen molar-refractivity contribution in [2.24, 2.45) is 0 Å². The zero-order valence-electron chi connectivity index (χ0n) is 17.8. The highest BCUT2D eigenvalue weighted by Gasteiger charge is 2.39. The Kier molecular flexibility index (Phi) is 10.5. The summed E-state index contributed by atoms with van der Waals surface area (Å²) < 4.78 is 11.2. The fraction of sp³-hybridized carbons (Fsp3) is 0.700. The van der Waals surface area contributed by atoms with Crippen molar-refractivity contribution in [3.63, 3.8) is 0 Å². The number of aliphatic carboxylic acids is 2. The number of rotatable bonds is 12. The van der Waals surface area contributed by atoms with E-state index in [1.165, 1.54) is 6.92 Å². The Morgan fingerprint density at radius 3 is 2.27 bits per heavy atom. The fourth-order valence-corrected chi connectivity index (χ4v) is 3.40. The highest BCUT2D eigenvalue weighted by Crippen LogP contribution is 2.26. The number of esters is 1. The molecule has 170 valence electrons. The molecule has 0 heterocycles. The van der Waals surface area contributed by atoms with Crippen LogP contribution in [0.1, 0.15) is 53.4 Å². The summed E-state index contributed by atoms with van der Waals surface area (Å²) in [6.45, 7) is 7.05. The molecular weight excluding hydrogens is 396 g/mol. The smallest absolute Gasteiger partial charge is 0.333 e. The van der Waals surface area contributed by atoms with Crippen molar-refractivity contribution >= 4 is 23.8 Å². The standard InChI is InChI=1S/C20H32N2O8/c1-5-13(6-2)30-16-9-12(20(28)29-7-3)8-14(18(16)21-11(4)23)22-15(19(26)27)10-17(24)25/h9,13-16,18,22H,5-8,10H2,1-4H3,(H,21,23)(H,24,25)(H,26,27)/t14-,15?,16-,18+/m0/s1. The van der Waals surface area contributed by atoms with Gasteiger partial charge in [0.2, 0.25) is 5.91 Å². The quantitative estimate of drug-likeness (QED) is 0.331. The Morgan fingerprint density at radius 1 is 1.17 bits per heavy atom. The third kappa shape index (κ3) is 7.75. The third-order valence-electron chi connectivity index (χ3n) is 4.85. The minimum atomic E-state index is -1.40. The van der Waals surface area contributed by atoms with E-state index in [2.05, 4.69) is 10.6 Å². The molecule has 10 heteroatoms. The third-order valence-corrected chi connectivity index (χ3v) is 4.85. The number of ether oxygens (including phenoxy) is 2. The molecule has 0 fully saturated rings. The van der Waals surface area contributed by atoms with Gasteiger partial charge in [-0.1, -0.05) is 13.8 Å². The van der Waals surface area contributed by atoms with Crippen LogP contribution < -0.4 is 10.6 Å². The van der Waals surface area contributed by atoms with Crippen LogP contribution in [0.3, 0.4) is 0 Å². The van der Waals surface area contributed by atoms with E-state index in [-0.39, 0.29) is 30.6 Å². The molecule has 0 spiro atoms. The first kappa shape index (κ1) is 25.6. The molecule has 0 saturated heterocycles. The highest BCUT2D eigenvalue weighted by molar-refractivity contribution is 5.89. The Labute approximate surface area is 176 Å². The number of carboxylic acid groups (broad SMARTS) is 2. The van der Waals surface area contributed by atoms with Crippen LogP contribution in [-0.2, 0) is 28.7 Å². The topological polar surface area (TPSA) is 151 Å². The van der Waals surface area contributed by atoms with Crippen LogP contribution in [-0.4, -0.2) is 71.0 Å². The SMILES string of the molecule is CCOC(=O)C1=C[C@H](OC(CC)CC)[C@H](NC(C)=O)[C@@H](NC(CC(=O)O)C(=O)O)C1. The molecule has 0 aromatic rings. The van der Waals surface area contributed by atoms with Gasteiger partial charge in [-0.05, 0) is 32.3 Å².